The van der Waals surface area contributed by atoms with Crippen LogP contribution in [0.1, 0.15) is 63.1 Å². The average Bonchev–Trinajstić information content (AvgIpc) is 2.77. The molecule has 0 bridgehead atoms. The second-order valence-corrected chi connectivity index (χ2v) is 11.2. The smallest absolute Gasteiger partial charge is 0.336 e. The fraction of sp³-hybridized carbons (Fsp3) is 0.423. The molecule has 0 unspecified atom stereocenters. The molecule has 4 aromatic rings. The summed E-state index contributed by atoms with van der Waals surface area (Å²) in [7, 11) is 3.05. The average molecular weight is 495 g/mol. The maximum atomic E-state index is 13.1. The van der Waals surface area contributed by atoms with E-state index in [2.05, 4.69) is 24.9 Å². The summed E-state index contributed by atoms with van der Waals surface area (Å²) < 4.78 is 7.93. The highest BCUT2D eigenvalue weighted by Crippen LogP contribution is 2.32. The van der Waals surface area contributed by atoms with Gasteiger partial charge in [0.05, 0.1) is 0 Å². The maximum absolute atomic E-state index is 13.1. The zero-order valence-electron chi connectivity index (χ0n) is 21.3. The number of nitrogens with zero attached hydrogens (tertiary/aromatic N) is 4. The van der Waals surface area contributed by atoms with Gasteiger partial charge in [0.25, 0.3) is 5.56 Å². The van der Waals surface area contributed by atoms with E-state index in [1.807, 2.05) is 33.8 Å². The third kappa shape index (κ3) is 4.45. The Hall–Kier alpha value is -3.20. The summed E-state index contributed by atoms with van der Waals surface area (Å²) in [5.74, 6) is 1.24. The molecular formula is C26H30N4O4S. The van der Waals surface area contributed by atoms with Crippen molar-refractivity contribution in [3.63, 3.8) is 0 Å². The molecule has 0 fully saturated rings. The van der Waals surface area contributed by atoms with Crippen molar-refractivity contribution >= 4 is 33.8 Å². The van der Waals surface area contributed by atoms with Gasteiger partial charge in [0.15, 0.2) is 5.65 Å². The molecule has 0 N–H and O–H groups in total. The molecule has 0 radical (unpaired) electrons. The number of fused-ring (bicyclic) bond motifs is 2. The number of benzene rings is 1. The number of hydrogen-bond donors (Lipinski definition) is 0. The standard InChI is InChI=1S/C26H30N4O4S/c1-13(2)16-11-17-15(10-19(31)34-18(17)9-14(16)3)12-35-22-20-21(27-24(28-22)26(4,5)6)29(7)25(33)30(8)23(20)32/h9-11,13H,12H2,1-8H3. The summed E-state index contributed by atoms with van der Waals surface area (Å²) in [4.78, 5) is 47.3. The molecule has 184 valence electrons. The van der Waals surface area contributed by atoms with Crippen LogP contribution in [-0.4, -0.2) is 19.1 Å². The molecule has 0 spiro atoms. The third-order valence-electron chi connectivity index (χ3n) is 6.14. The van der Waals surface area contributed by atoms with Crippen molar-refractivity contribution in [3.05, 3.63) is 72.0 Å². The van der Waals surface area contributed by atoms with Crippen LogP contribution < -0.4 is 16.9 Å². The molecule has 4 rings (SSSR count). The molecule has 0 amide bonds. The Labute approximate surface area is 207 Å². The SMILES string of the molecule is Cc1cc2oc(=O)cc(CSc3nc(C(C)(C)C)nc4c3c(=O)n(C)c(=O)n4C)c2cc1C(C)C. The normalized spacial score (nSPS) is 12.3. The van der Waals surface area contributed by atoms with Crippen molar-refractivity contribution in [1.82, 2.24) is 19.1 Å². The van der Waals surface area contributed by atoms with Crippen LogP contribution in [0.15, 0.2) is 42.0 Å². The van der Waals surface area contributed by atoms with E-state index >= 15 is 0 Å². The topological polar surface area (TPSA) is 100.0 Å². The van der Waals surface area contributed by atoms with Gasteiger partial charge in [-0.1, -0.05) is 34.6 Å². The lowest BCUT2D eigenvalue weighted by molar-refractivity contribution is 0.539. The van der Waals surface area contributed by atoms with Gasteiger partial charge in [-0.25, -0.2) is 19.6 Å². The second-order valence-electron chi connectivity index (χ2n) is 10.2. The Morgan fingerprint density at radius 2 is 1.71 bits per heavy atom. The zero-order chi connectivity index (χ0) is 25.8. The summed E-state index contributed by atoms with van der Waals surface area (Å²) in [5.41, 5.74) is 2.18. The first-order valence-electron chi connectivity index (χ1n) is 11.5. The number of hydrogen-bond acceptors (Lipinski definition) is 7. The predicted molar refractivity (Wildman–Crippen MR) is 140 cm³/mol. The first-order valence-corrected chi connectivity index (χ1v) is 12.5. The fourth-order valence-electron chi connectivity index (χ4n) is 4.15. The molecule has 0 aliphatic carbocycles. The highest BCUT2D eigenvalue weighted by Gasteiger charge is 2.24. The molecule has 1 aromatic carbocycles. The van der Waals surface area contributed by atoms with Gasteiger partial charge < -0.3 is 4.42 Å². The van der Waals surface area contributed by atoms with Crippen molar-refractivity contribution in [2.75, 3.05) is 0 Å². The van der Waals surface area contributed by atoms with Crippen molar-refractivity contribution in [3.8, 4) is 0 Å². The van der Waals surface area contributed by atoms with E-state index in [4.69, 9.17) is 9.40 Å². The van der Waals surface area contributed by atoms with Crippen LogP contribution in [0.3, 0.4) is 0 Å². The van der Waals surface area contributed by atoms with Gasteiger partial charge in [-0.15, -0.1) is 11.8 Å². The fourth-order valence-corrected chi connectivity index (χ4v) is 5.15. The monoisotopic (exact) mass is 494 g/mol. The summed E-state index contributed by atoms with van der Waals surface area (Å²) in [6.07, 6.45) is 0. The highest BCUT2D eigenvalue weighted by molar-refractivity contribution is 7.98. The van der Waals surface area contributed by atoms with Gasteiger partial charge in [-0.3, -0.25) is 13.9 Å². The first-order chi connectivity index (χ1) is 16.3. The van der Waals surface area contributed by atoms with Crippen LogP contribution in [0.5, 0.6) is 0 Å². The lowest BCUT2D eigenvalue weighted by Crippen LogP contribution is -2.38. The van der Waals surface area contributed by atoms with E-state index in [-0.39, 0.29) is 0 Å². The van der Waals surface area contributed by atoms with Crippen LogP contribution in [-0.2, 0) is 25.3 Å². The van der Waals surface area contributed by atoms with Crippen LogP contribution in [0, 0.1) is 6.92 Å². The van der Waals surface area contributed by atoms with Gasteiger partial charge in [0.1, 0.15) is 21.8 Å². The number of rotatable bonds is 4. The molecule has 35 heavy (non-hydrogen) atoms. The number of thioether (sulfide) groups is 1. The van der Waals surface area contributed by atoms with Crippen LogP contribution in [0.25, 0.3) is 22.0 Å². The van der Waals surface area contributed by atoms with Crippen molar-refractivity contribution in [2.45, 2.75) is 63.7 Å². The maximum Gasteiger partial charge on any atom is 0.336 e. The van der Waals surface area contributed by atoms with E-state index in [1.165, 1.54) is 35.0 Å². The second kappa shape index (κ2) is 8.78. The Morgan fingerprint density at radius 1 is 1.03 bits per heavy atom. The van der Waals surface area contributed by atoms with Crippen LogP contribution in [0.4, 0.5) is 0 Å². The van der Waals surface area contributed by atoms with Crippen molar-refractivity contribution < 1.29 is 4.42 Å². The first kappa shape index (κ1) is 24.9. The molecule has 3 aromatic heterocycles. The van der Waals surface area contributed by atoms with Crippen LogP contribution >= 0.6 is 11.8 Å². The zero-order valence-corrected chi connectivity index (χ0v) is 22.2. The van der Waals surface area contributed by atoms with Crippen molar-refractivity contribution in [2.24, 2.45) is 14.1 Å². The minimum Gasteiger partial charge on any atom is -0.423 e. The molecule has 0 saturated carbocycles. The van der Waals surface area contributed by atoms with E-state index in [0.717, 1.165) is 21.1 Å². The van der Waals surface area contributed by atoms with Gasteiger partial charge in [-0.2, -0.15) is 0 Å². The van der Waals surface area contributed by atoms with Gasteiger partial charge in [0.2, 0.25) is 0 Å². The van der Waals surface area contributed by atoms with E-state index < -0.39 is 22.3 Å². The summed E-state index contributed by atoms with van der Waals surface area (Å²) in [6, 6.07) is 5.48. The minimum atomic E-state index is -0.444. The third-order valence-corrected chi connectivity index (χ3v) is 7.17. The summed E-state index contributed by atoms with van der Waals surface area (Å²) >= 11 is 1.35. The largest absolute Gasteiger partial charge is 0.423 e. The molecule has 9 heteroatoms. The molecule has 8 nitrogen and oxygen atoms in total. The molecule has 0 saturated heterocycles. The summed E-state index contributed by atoms with van der Waals surface area (Å²) in [5, 5.41) is 1.63. The predicted octanol–water partition coefficient (Wildman–Crippen LogP) is 4.16. The molecule has 0 atom stereocenters. The Bertz CT molecular complexity index is 1660. The Morgan fingerprint density at radius 3 is 2.34 bits per heavy atom. The molecule has 0 aliphatic heterocycles. The molecule has 0 aliphatic rings. The van der Waals surface area contributed by atoms with E-state index in [0.29, 0.717) is 39.1 Å². The van der Waals surface area contributed by atoms with Crippen molar-refractivity contribution in [1.29, 1.82) is 0 Å². The Balaban J connectivity index is 1.92. The van der Waals surface area contributed by atoms with Gasteiger partial charge in [0, 0.05) is 36.7 Å². The lowest BCUT2D eigenvalue weighted by Gasteiger charge is -2.19. The van der Waals surface area contributed by atoms with Gasteiger partial charge >= 0.3 is 11.3 Å². The van der Waals surface area contributed by atoms with Gasteiger partial charge in [-0.05, 0) is 41.7 Å². The Kier molecular flexibility index (Phi) is 6.25. The van der Waals surface area contributed by atoms with Crippen LogP contribution in [0.2, 0.25) is 0 Å². The lowest BCUT2D eigenvalue weighted by atomic mass is 9.95. The number of aromatic nitrogens is 4. The minimum absolute atomic E-state index is 0.290. The van der Waals surface area contributed by atoms with E-state index in [1.54, 1.807) is 7.05 Å². The summed E-state index contributed by atoms with van der Waals surface area (Å²) in [6.45, 7) is 12.2. The number of aryl methyl sites for hydroxylation is 2. The highest BCUT2D eigenvalue weighted by atomic mass is 32.2. The molecule has 3 heterocycles. The van der Waals surface area contributed by atoms with E-state index in [9.17, 15) is 14.4 Å². The quantitative estimate of drug-likeness (QED) is 0.239. The molecular weight excluding hydrogens is 464 g/mol.